The Bertz CT molecular complexity index is 1350. The molecule has 8 heteroatoms. The molecule has 34 heavy (non-hydrogen) atoms. The molecule has 1 aromatic heterocycles. The second-order valence-electron chi connectivity index (χ2n) is 7.72. The fraction of sp³-hybridized carbons (Fsp3) is 0.154. The minimum Gasteiger partial charge on any atom is -0.337 e. The summed E-state index contributed by atoms with van der Waals surface area (Å²) in [6, 6.07) is 25.1. The van der Waals surface area contributed by atoms with Crippen LogP contribution in [0.25, 0.3) is 16.9 Å². The Morgan fingerprint density at radius 3 is 2.21 bits per heavy atom. The van der Waals surface area contributed by atoms with Crippen molar-refractivity contribution in [1.82, 2.24) is 19.6 Å². The van der Waals surface area contributed by atoms with Crippen LogP contribution in [0.3, 0.4) is 0 Å². The van der Waals surface area contributed by atoms with E-state index < -0.39 is 16.1 Å². The molecule has 0 aliphatic rings. The smallest absolute Gasteiger partial charge is 0.328 e. The first-order chi connectivity index (χ1) is 16.5. The number of benzene rings is 3. The van der Waals surface area contributed by atoms with E-state index in [9.17, 15) is 13.2 Å². The summed E-state index contributed by atoms with van der Waals surface area (Å²) in [5.74, 6) is 0.976. The third-order valence-electron chi connectivity index (χ3n) is 5.36. The van der Waals surface area contributed by atoms with Crippen LogP contribution in [0.4, 0.5) is 4.79 Å². The van der Waals surface area contributed by atoms with E-state index >= 15 is 0 Å². The van der Waals surface area contributed by atoms with Crippen molar-refractivity contribution < 1.29 is 13.2 Å². The molecule has 7 nitrogen and oxygen atoms in total. The molecule has 0 unspecified atom stereocenters. The number of aryl methyl sites for hydroxylation is 1. The van der Waals surface area contributed by atoms with Gasteiger partial charge in [-0.05, 0) is 36.2 Å². The van der Waals surface area contributed by atoms with Crippen LogP contribution in [-0.4, -0.2) is 30.5 Å². The molecule has 0 bridgehead atoms. The zero-order chi connectivity index (χ0) is 24.0. The number of urea groups is 1. The molecule has 174 valence electrons. The van der Waals surface area contributed by atoms with Gasteiger partial charge in [0.2, 0.25) is 0 Å². The van der Waals surface area contributed by atoms with E-state index in [1.807, 2.05) is 65.5 Å². The fourth-order valence-corrected chi connectivity index (χ4v) is 4.55. The lowest BCUT2D eigenvalue weighted by Crippen LogP contribution is -2.40. The van der Waals surface area contributed by atoms with E-state index in [-0.39, 0.29) is 4.90 Å². The number of nitrogens with one attached hydrogen (secondary N) is 2. The van der Waals surface area contributed by atoms with Gasteiger partial charge in [0, 0.05) is 30.4 Å². The van der Waals surface area contributed by atoms with Crippen molar-refractivity contribution in [2.24, 2.45) is 0 Å². The highest BCUT2D eigenvalue weighted by molar-refractivity contribution is 7.90. The molecule has 0 fully saturated rings. The molecule has 0 aliphatic heterocycles. The third kappa shape index (κ3) is 5.52. The van der Waals surface area contributed by atoms with E-state index in [0.29, 0.717) is 13.0 Å². The largest absolute Gasteiger partial charge is 0.337 e. The first-order valence-corrected chi connectivity index (χ1v) is 12.5. The molecule has 2 N–H and O–H groups in total. The van der Waals surface area contributed by atoms with Crippen molar-refractivity contribution in [3.05, 3.63) is 103 Å². The summed E-state index contributed by atoms with van der Waals surface area (Å²) in [5.41, 5.74) is 4.04. The number of sulfonamides is 1. The molecule has 0 saturated heterocycles. The van der Waals surface area contributed by atoms with Crippen molar-refractivity contribution in [2.45, 2.75) is 24.7 Å². The van der Waals surface area contributed by atoms with Crippen molar-refractivity contribution in [1.29, 1.82) is 0 Å². The second-order valence-corrected chi connectivity index (χ2v) is 9.41. The summed E-state index contributed by atoms with van der Waals surface area (Å²) in [6.07, 6.45) is 3.42. The number of carbonyl (C=O) groups is 1. The van der Waals surface area contributed by atoms with Crippen LogP contribution in [0, 0.1) is 0 Å². The van der Waals surface area contributed by atoms with E-state index in [0.717, 1.165) is 34.8 Å². The molecule has 4 rings (SSSR count). The highest BCUT2D eigenvalue weighted by Crippen LogP contribution is 2.22. The maximum Gasteiger partial charge on any atom is 0.328 e. The summed E-state index contributed by atoms with van der Waals surface area (Å²) in [4.78, 5) is 16.9. The zero-order valence-corrected chi connectivity index (χ0v) is 19.6. The Kier molecular flexibility index (Phi) is 7.08. The number of aromatic nitrogens is 2. The fourth-order valence-electron chi connectivity index (χ4n) is 3.60. The van der Waals surface area contributed by atoms with Gasteiger partial charge in [-0.25, -0.2) is 22.9 Å². The minimum absolute atomic E-state index is 0.0436. The number of hydrogen-bond donors (Lipinski definition) is 2. The molecular weight excluding hydrogens is 448 g/mol. The van der Waals surface area contributed by atoms with Gasteiger partial charge in [-0.3, -0.25) is 0 Å². The van der Waals surface area contributed by atoms with Gasteiger partial charge in [-0.1, -0.05) is 67.6 Å². The average Bonchev–Trinajstić information content (AvgIpc) is 3.30. The Balaban J connectivity index is 1.36. The maximum absolute atomic E-state index is 12.2. The molecule has 0 aliphatic carbocycles. The van der Waals surface area contributed by atoms with Crippen LogP contribution in [0.2, 0.25) is 0 Å². The van der Waals surface area contributed by atoms with Crippen molar-refractivity contribution in [3.8, 4) is 16.9 Å². The van der Waals surface area contributed by atoms with Gasteiger partial charge in [0.25, 0.3) is 10.0 Å². The Labute approximate surface area is 199 Å². The minimum atomic E-state index is -3.89. The number of hydrogen-bond acceptors (Lipinski definition) is 4. The normalized spacial score (nSPS) is 11.2. The summed E-state index contributed by atoms with van der Waals surface area (Å²) in [5, 5.41) is 2.60. The standard InChI is InChI=1S/C26H26N4O3S/c1-2-25-28-24(21-9-5-3-6-10-21)19-30(25)22-15-13-20(14-16-22)17-18-27-26(31)29-34(32,33)23-11-7-4-8-12-23/h3-16,19H,2,17-18H2,1H3,(H2,27,29,31). The Hall–Kier alpha value is -3.91. The van der Waals surface area contributed by atoms with Gasteiger partial charge < -0.3 is 9.88 Å². The highest BCUT2D eigenvalue weighted by atomic mass is 32.2. The van der Waals surface area contributed by atoms with Crippen molar-refractivity contribution >= 4 is 16.1 Å². The molecule has 0 atom stereocenters. The molecule has 0 saturated carbocycles. The monoisotopic (exact) mass is 474 g/mol. The van der Waals surface area contributed by atoms with Crippen LogP contribution in [0.1, 0.15) is 18.3 Å². The number of imidazole rings is 1. The van der Waals surface area contributed by atoms with Crippen molar-refractivity contribution in [3.63, 3.8) is 0 Å². The molecule has 4 aromatic rings. The third-order valence-corrected chi connectivity index (χ3v) is 6.71. The van der Waals surface area contributed by atoms with Crippen LogP contribution < -0.4 is 10.0 Å². The van der Waals surface area contributed by atoms with Gasteiger partial charge in [0.05, 0.1) is 10.6 Å². The van der Waals surface area contributed by atoms with E-state index in [1.165, 1.54) is 12.1 Å². The van der Waals surface area contributed by atoms with Crippen LogP contribution in [-0.2, 0) is 22.9 Å². The maximum atomic E-state index is 12.2. The first kappa shape index (κ1) is 23.3. The van der Waals surface area contributed by atoms with E-state index in [4.69, 9.17) is 4.98 Å². The lowest BCUT2D eigenvalue weighted by Gasteiger charge is -2.10. The summed E-state index contributed by atoms with van der Waals surface area (Å²) < 4.78 is 28.5. The van der Waals surface area contributed by atoms with E-state index in [2.05, 4.69) is 16.8 Å². The number of nitrogens with zero attached hydrogens (tertiary/aromatic N) is 2. The average molecular weight is 475 g/mol. The van der Waals surface area contributed by atoms with Crippen LogP contribution in [0.5, 0.6) is 0 Å². The van der Waals surface area contributed by atoms with E-state index in [1.54, 1.807) is 18.2 Å². The number of rotatable bonds is 8. The second kappa shape index (κ2) is 10.4. The molecule has 1 heterocycles. The van der Waals surface area contributed by atoms with Gasteiger partial charge in [-0.2, -0.15) is 0 Å². The number of amides is 2. The summed E-state index contributed by atoms with van der Waals surface area (Å²) in [7, 11) is -3.89. The molecular formula is C26H26N4O3S. The van der Waals surface area contributed by atoms with Crippen molar-refractivity contribution in [2.75, 3.05) is 6.54 Å². The molecule has 3 aromatic carbocycles. The van der Waals surface area contributed by atoms with Crippen LogP contribution in [0.15, 0.2) is 96.0 Å². The molecule has 0 radical (unpaired) electrons. The first-order valence-electron chi connectivity index (χ1n) is 11.0. The van der Waals surface area contributed by atoms with Crippen LogP contribution >= 0.6 is 0 Å². The predicted octanol–water partition coefficient (Wildman–Crippen LogP) is 4.33. The predicted molar refractivity (Wildman–Crippen MR) is 132 cm³/mol. The highest BCUT2D eigenvalue weighted by Gasteiger charge is 2.16. The zero-order valence-electron chi connectivity index (χ0n) is 18.8. The molecule has 2 amide bonds. The number of carbonyl (C=O) groups excluding carboxylic acids is 1. The summed E-state index contributed by atoms with van der Waals surface area (Å²) >= 11 is 0. The molecule has 0 spiro atoms. The van der Waals surface area contributed by atoms with Gasteiger partial charge in [0.1, 0.15) is 5.82 Å². The van der Waals surface area contributed by atoms with Gasteiger partial charge >= 0.3 is 6.03 Å². The Morgan fingerprint density at radius 1 is 0.912 bits per heavy atom. The topological polar surface area (TPSA) is 93.1 Å². The Morgan fingerprint density at radius 2 is 1.56 bits per heavy atom. The summed E-state index contributed by atoms with van der Waals surface area (Å²) in [6.45, 7) is 2.38. The van der Waals surface area contributed by atoms with Gasteiger partial charge in [0.15, 0.2) is 0 Å². The van der Waals surface area contributed by atoms with Gasteiger partial charge in [-0.15, -0.1) is 0 Å². The lowest BCUT2D eigenvalue weighted by atomic mass is 10.1. The SMILES string of the molecule is CCc1nc(-c2ccccc2)cn1-c1ccc(CCNC(=O)NS(=O)(=O)c2ccccc2)cc1. The quantitative estimate of drug-likeness (QED) is 0.397. The lowest BCUT2D eigenvalue weighted by molar-refractivity contribution is 0.246.